The highest BCUT2D eigenvalue weighted by molar-refractivity contribution is 6.02. The second kappa shape index (κ2) is 6.76. The van der Waals surface area contributed by atoms with E-state index in [1.165, 1.54) is 10.9 Å². The third-order valence-electron chi connectivity index (χ3n) is 3.78. The number of H-pyrrole nitrogens is 1. The standard InChI is InChI=1S/C17H20N6O2/c1-10(2)17(25)19-14-8-23(22-21-14)9-15(24)20-16-11(3)18-13-7-5-4-6-12(13)16/h4-8,10,18H,9H2,1-3H3,(H,19,25)(H,20,24). The lowest BCUT2D eigenvalue weighted by atomic mass is 10.2. The van der Waals surface area contributed by atoms with E-state index in [4.69, 9.17) is 0 Å². The van der Waals surface area contributed by atoms with Crippen molar-refractivity contribution in [3.63, 3.8) is 0 Å². The summed E-state index contributed by atoms with van der Waals surface area (Å²) in [5, 5.41) is 14.2. The van der Waals surface area contributed by atoms with Gasteiger partial charge >= 0.3 is 0 Å². The molecule has 0 fully saturated rings. The molecule has 2 amide bonds. The SMILES string of the molecule is Cc1[nH]c2ccccc2c1NC(=O)Cn1cc(NC(=O)C(C)C)nn1. The van der Waals surface area contributed by atoms with Crippen molar-refractivity contribution in [2.75, 3.05) is 10.6 Å². The summed E-state index contributed by atoms with van der Waals surface area (Å²) in [7, 11) is 0. The number of fused-ring (bicyclic) bond motifs is 1. The molecule has 2 heterocycles. The largest absolute Gasteiger partial charge is 0.357 e. The van der Waals surface area contributed by atoms with Gasteiger partial charge in [-0.05, 0) is 13.0 Å². The van der Waals surface area contributed by atoms with Gasteiger partial charge in [0.05, 0.1) is 11.9 Å². The molecule has 2 aromatic heterocycles. The van der Waals surface area contributed by atoms with Crippen LogP contribution < -0.4 is 10.6 Å². The maximum Gasteiger partial charge on any atom is 0.246 e. The third kappa shape index (κ3) is 3.68. The summed E-state index contributed by atoms with van der Waals surface area (Å²) in [6.07, 6.45) is 1.53. The van der Waals surface area contributed by atoms with Crippen molar-refractivity contribution in [1.82, 2.24) is 20.0 Å². The summed E-state index contributed by atoms with van der Waals surface area (Å²) < 4.78 is 1.38. The average Bonchev–Trinajstić information content (AvgIpc) is 3.12. The van der Waals surface area contributed by atoms with Crippen LogP contribution in [0.2, 0.25) is 0 Å². The number of nitrogens with one attached hydrogen (secondary N) is 3. The highest BCUT2D eigenvalue weighted by Gasteiger charge is 2.13. The van der Waals surface area contributed by atoms with E-state index in [9.17, 15) is 9.59 Å². The lowest BCUT2D eigenvalue weighted by Gasteiger charge is -2.05. The van der Waals surface area contributed by atoms with E-state index < -0.39 is 0 Å². The van der Waals surface area contributed by atoms with Gasteiger partial charge in [-0.15, -0.1) is 5.10 Å². The molecule has 0 atom stereocenters. The van der Waals surface area contributed by atoms with Crippen LogP contribution in [-0.4, -0.2) is 31.8 Å². The number of nitrogens with zero attached hydrogens (tertiary/aromatic N) is 3. The van der Waals surface area contributed by atoms with Gasteiger partial charge in [0.25, 0.3) is 0 Å². The van der Waals surface area contributed by atoms with E-state index in [1.54, 1.807) is 13.8 Å². The van der Waals surface area contributed by atoms with Crippen LogP contribution in [0, 0.1) is 12.8 Å². The van der Waals surface area contributed by atoms with Crippen LogP contribution in [0.4, 0.5) is 11.5 Å². The summed E-state index contributed by atoms with van der Waals surface area (Å²) in [4.78, 5) is 27.2. The highest BCUT2D eigenvalue weighted by atomic mass is 16.2. The van der Waals surface area contributed by atoms with Crippen LogP contribution in [0.1, 0.15) is 19.5 Å². The Hall–Kier alpha value is -3.16. The van der Waals surface area contributed by atoms with E-state index in [0.717, 1.165) is 22.3 Å². The minimum Gasteiger partial charge on any atom is -0.357 e. The highest BCUT2D eigenvalue weighted by Crippen LogP contribution is 2.26. The fraction of sp³-hybridized carbons (Fsp3) is 0.294. The summed E-state index contributed by atoms with van der Waals surface area (Å²) in [6, 6.07) is 7.77. The number of rotatable bonds is 5. The lowest BCUT2D eigenvalue weighted by molar-refractivity contribution is -0.119. The van der Waals surface area contributed by atoms with Gasteiger partial charge in [0, 0.05) is 22.5 Å². The predicted molar refractivity (Wildman–Crippen MR) is 95.2 cm³/mol. The van der Waals surface area contributed by atoms with Crippen LogP contribution in [0.5, 0.6) is 0 Å². The fourth-order valence-electron chi connectivity index (χ4n) is 2.47. The number of carbonyl (C=O) groups excluding carboxylic acids is 2. The molecule has 0 aliphatic rings. The molecule has 130 valence electrons. The number of aromatic nitrogens is 4. The zero-order valence-corrected chi connectivity index (χ0v) is 14.3. The van der Waals surface area contributed by atoms with Gasteiger partial charge in [-0.3, -0.25) is 9.59 Å². The first-order valence-corrected chi connectivity index (χ1v) is 8.02. The number of anilines is 2. The Morgan fingerprint density at radius 3 is 2.76 bits per heavy atom. The van der Waals surface area contributed by atoms with Gasteiger partial charge in [0.2, 0.25) is 11.8 Å². The first-order chi connectivity index (χ1) is 11.9. The average molecular weight is 340 g/mol. The number of amides is 2. The number of aromatic amines is 1. The number of para-hydroxylation sites is 1. The maximum absolute atomic E-state index is 12.3. The molecule has 0 aliphatic carbocycles. The van der Waals surface area contributed by atoms with Crippen molar-refractivity contribution in [1.29, 1.82) is 0 Å². The Kier molecular flexibility index (Phi) is 4.51. The van der Waals surface area contributed by atoms with Crippen molar-refractivity contribution in [2.45, 2.75) is 27.3 Å². The normalized spacial score (nSPS) is 11.0. The molecule has 3 rings (SSSR count). The van der Waals surface area contributed by atoms with Crippen LogP contribution in [0.15, 0.2) is 30.5 Å². The van der Waals surface area contributed by atoms with E-state index in [1.807, 2.05) is 31.2 Å². The molecule has 0 saturated carbocycles. The Labute approximate surface area is 144 Å². The van der Waals surface area contributed by atoms with Gasteiger partial charge in [-0.2, -0.15) is 0 Å². The second-order valence-electron chi connectivity index (χ2n) is 6.16. The second-order valence-corrected chi connectivity index (χ2v) is 6.16. The van der Waals surface area contributed by atoms with E-state index in [0.29, 0.717) is 5.82 Å². The Morgan fingerprint density at radius 1 is 1.24 bits per heavy atom. The summed E-state index contributed by atoms with van der Waals surface area (Å²) in [5.41, 5.74) is 2.61. The molecule has 8 heteroatoms. The smallest absolute Gasteiger partial charge is 0.246 e. The molecule has 0 aliphatic heterocycles. The van der Waals surface area contributed by atoms with Crippen LogP contribution in [0.3, 0.4) is 0 Å². The van der Waals surface area contributed by atoms with Gasteiger partial charge < -0.3 is 15.6 Å². The molecule has 1 aromatic carbocycles. The summed E-state index contributed by atoms with van der Waals surface area (Å²) in [5.74, 6) is -0.196. The molecule has 3 aromatic rings. The molecule has 8 nitrogen and oxygen atoms in total. The quantitative estimate of drug-likeness (QED) is 0.663. The molecule has 0 unspecified atom stereocenters. The Morgan fingerprint density at radius 2 is 2.00 bits per heavy atom. The Balaban J connectivity index is 1.67. The molecular formula is C17H20N6O2. The predicted octanol–water partition coefficient (Wildman–Crippen LogP) is 2.30. The Bertz CT molecular complexity index is 924. The molecule has 0 bridgehead atoms. The number of hydrogen-bond donors (Lipinski definition) is 3. The van der Waals surface area contributed by atoms with Crippen LogP contribution >= 0.6 is 0 Å². The van der Waals surface area contributed by atoms with Gasteiger partial charge in [-0.25, -0.2) is 4.68 Å². The molecule has 0 radical (unpaired) electrons. The maximum atomic E-state index is 12.3. The molecular weight excluding hydrogens is 320 g/mol. The lowest BCUT2D eigenvalue weighted by Crippen LogP contribution is -2.19. The number of benzene rings is 1. The van der Waals surface area contributed by atoms with Gasteiger partial charge in [-0.1, -0.05) is 37.3 Å². The minimum atomic E-state index is -0.223. The van der Waals surface area contributed by atoms with Crippen molar-refractivity contribution in [3.8, 4) is 0 Å². The number of hydrogen-bond acceptors (Lipinski definition) is 4. The first-order valence-electron chi connectivity index (χ1n) is 8.02. The van der Waals surface area contributed by atoms with Crippen LogP contribution in [0.25, 0.3) is 10.9 Å². The number of carbonyl (C=O) groups is 2. The molecule has 25 heavy (non-hydrogen) atoms. The van der Waals surface area contributed by atoms with Crippen molar-refractivity contribution < 1.29 is 9.59 Å². The first kappa shape index (κ1) is 16.7. The van der Waals surface area contributed by atoms with Crippen LogP contribution in [-0.2, 0) is 16.1 Å². The zero-order valence-electron chi connectivity index (χ0n) is 14.3. The zero-order chi connectivity index (χ0) is 18.0. The third-order valence-corrected chi connectivity index (χ3v) is 3.78. The van der Waals surface area contributed by atoms with E-state index in [-0.39, 0.29) is 24.3 Å². The monoisotopic (exact) mass is 340 g/mol. The minimum absolute atomic E-state index is 0.00347. The molecule has 3 N–H and O–H groups in total. The van der Waals surface area contributed by atoms with Crippen molar-refractivity contribution in [3.05, 3.63) is 36.2 Å². The van der Waals surface area contributed by atoms with Gasteiger partial charge in [0.1, 0.15) is 6.54 Å². The van der Waals surface area contributed by atoms with Gasteiger partial charge in [0.15, 0.2) is 5.82 Å². The van der Waals surface area contributed by atoms with Crippen molar-refractivity contribution >= 4 is 34.2 Å². The summed E-state index contributed by atoms with van der Waals surface area (Å²) in [6.45, 7) is 5.49. The van der Waals surface area contributed by atoms with E-state index >= 15 is 0 Å². The topological polar surface area (TPSA) is 105 Å². The van der Waals surface area contributed by atoms with E-state index in [2.05, 4.69) is 25.9 Å². The molecule has 0 saturated heterocycles. The van der Waals surface area contributed by atoms with Crippen molar-refractivity contribution in [2.24, 2.45) is 5.92 Å². The summed E-state index contributed by atoms with van der Waals surface area (Å²) >= 11 is 0. The molecule has 0 spiro atoms. The fourth-order valence-corrected chi connectivity index (χ4v) is 2.47. The number of aryl methyl sites for hydroxylation is 1.